The molecule has 9 nitrogen and oxygen atoms in total. The fourth-order valence-electron chi connectivity index (χ4n) is 3.49. The molecule has 0 saturated heterocycles. The molecular formula is C24H25N5O4S. The molecule has 0 unspecified atom stereocenters. The second kappa shape index (κ2) is 10.4. The maximum Gasteiger partial charge on any atom is 0.333 e. The van der Waals surface area contributed by atoms with Gasteiger partial charge >= 0.3 is 12.0 Å². The van der Waals surface area contributed by atoms with Gasteiger partial charge in [-0.25, -0.2) is 14.6 Å². The zero-order valence-corrected chi connectivity index (χ0v) is 19.6. The number of nitrogens with one attached hydrogen (secondary N) is 2. The first-order chi connectivity index (χ1) is 16.5. The minimum absolute atomic E-state index is 0.284. The van der Waals surface area contributed by atoms with Crippen molar-refractivity contribution in [2.75, 3.05) is 18.6 Å². The van der Waals surface area contributed by atoms with Crippen LogP contribution >= 0.6 is 12.1 Å². The number of nitrogens with zero attached hydrogens (tertiary/aromatic N) is 3. The highest BCUT2D eigenvalue weighted by Crippen LogP contribution is 2.29. The number of carboxylic acids is 1. The average Bonchev–Trinajstić information content (AvgIpc) is 3.34. The van der Waals surface area contributed by atoms with E-state index in [1.807, 2.05) is 65.3 Å². The fraction of sp³-hybridized carbons (Fsp3) is 0.208. The molecule has 2 aliphatic heterocycles. The van der Waals surface area contributed by atoms with Gasteiger partial charge in [0.1, 0.15) is 5.82 Å². The van der Waals surface area contributed by atoms with Crippen molar-refractivity contribution in [3.05, 3.63) is 84.0 Å². The van der Waals surface area contributed by atoms with Gasteiger partial charge in [0.15, 0.2) is 6.10 Å². The molecule has 0 spiro atoms. The number of aliphatic carboxylic acids is 1. The third-order valence-corrected chi connectivity index (χ3v) is 6.02. The molecule has 1 atom stereocenters. The number of carboxylic acid groups (broad SMARTS) is 1. The number of anilines is 1. The van der Waals surface area contributed by atoms with Crippen molar-refractivity contribution in [2.45, 2.75) is 19.4 Å². The molecule has 0 aliphatic carbocycles. The summed E-state index contributed by atoms with van der Waals surface area (Å²) in [5.41, 5.74) is 3.97. The molecule has 0 saturated carbocycles. The summed E-state index contributed by atoms with van der Waals surface area (Å²) < 4.78 is 10.3. The SMILES string of the molecule is CCO[C@@H](Cc1ccc(-c2cccc(N(C)C(=O)NC3=CC=CN4SNC=C34)n2)cc1)C(=O)O. The second-order valence-corrected chi connectivity index (χ2v) is 8.35. The molecule has 176 valence electrons. The number of carbonyl (C=O) groups is 2. The van der Waals surface area contributed by atoms with Gasteiger partial charge in [-0.1, -0.05) is 30.3 Å². The summed E-state index contributed by atoms with van der Waals surface area (Å²) in [7, 11) is 1.66. The maximum absolute atomic E-state index is 12.9. The Hall–Kier alpha value is -3.76. The van der Waals surface area contributed by atoms with Crippen LogP contribution in [0.5, 0.6) is 0 Å². The first-order valence-corrected chi connectivity index (χ1v) is 11.5. The van der Waals surface area contributed by atoms with Crippen molar-refractivity contribution in [2.24, 2.45) is 0 Å². The number of benzene rings is 1. The van der Waals surface area contributed by atoms with Gasteiger partial charge in [-0.3, -0.25) is 9.21 Å². The van der Waals surface area contributed by atoms with Crippen LogP contribution in [0.1, 0.15) is 12.5 Å². The van der Waals surface area contributed by atoms with Crippen LogP contribution in [-0.2, 0) is 16.0 Å². The number of pyridine rings is 1. The molecule has 34 heavy (non-hydrogen) atoms. The van der Waals surface area contributed by atoms with E-state index in [0.717, 1.165) is 16.8 Å². The molecule has 4 rings (SSSR count). The van der Waals surface area contributed by atoms with E-state index in [1.54, 1.807) is 20.0 Å². The standard InChI is InChI=1S/C24H25N5O4S/c1-3-33-21(23(30)31)14-16-9-11-17(12-10-16)18-6-4-8-22(26-18)28(2)24(32)27-19-7-5-13-29-20(19)15-25-34-29/h4-13,15,21,25H,3,14H2,1-2H3,(H,27,32)(H,30,31)/t21-/m0/s1. The molecule has 1 aromatic heterocycles. The van der Waals surface area contributed by atoms with Crippen LogP contribution in [0, 0.1) is 0 Å². The fourth-order valence-corrected chi connectivity index (χ4v) is 4.14. The van der Waals surface area contributed by atoms with E-state index in [2.05, 4.69) is 15.0 Å². The lowest BCUT2D eigenvalue weighted by molar-refractivity contribution is -0.149. The monoisotopic (exact) mass is 479 g/mol. The van der Waals surface area contributed by atoms with Gasteiger partial charge in [0.2, 0.25) is 0 Å². The van der Waals surface area contributed by atoms with Crippen molar-refractivity contribution in [1.29, 1.82) is 0 Å². The number of rotatable bonds is 8. The van der Waals surface area contributed by atoms with Crippen LogP contribution in [0.3, 0.4) is 0 Å². The third kappa shape index (κ3) is 5.24. The Balaban J connectivity index is 1.45. The van der Waals surface area contributed by atoms with E-state index < -0.39 is 12.1 Å². The third-order valence-electron chi connectivity index (χ3n) is 5.28. The Morgan fingerprint density at radius 2 is 2.06 bits per heavy atom. The molecule has 2 aromatic rings. The largest absolute Gasteiger partial charge is 0.479 e. The highest BCUT2D eigenvalue weighted by Gasteiger charge is 2.23. The quantitative estimate of drug-likeness (QED) is 0.493. The van der Waals surface area contributed by atoms with E-state index in [1.165, 1.54) is 17.0 Å². The smallest absolute Gasteiger partial charge is 0.333 e. The molecule has 3 heterocycles. The Morgan fingerprint density at radius 3 is 2.79 bits per heavy atom. The summed E-state index contributed by atoms with van der Waals surface area (Å²) >= 11 is 1.42. The van der Waals surface area contributed by atoms with Crippen LogP contribution < -0.4 is 14.9 Å². The van der Waals surface area contributed by atoms with E-state index in [9.17, 15) is 14.7 Å². The average molecular weight is 480 g/mol. The number of urea groups is 1. The Kier molecular flexibility index (Phi) is 7.19. The zero-order chi connectivity index (χ0) is 24.1. The first-order valence-electron chi connectivity index (χ1n) is 10.7. The second-order valence-electron chi connectivity index (χ2n) is 7.54. The summed E-state index contributed by atoms with van der Waals surface area (Å²) in [6, 6.07) is 12.7. The number of carbonyl (C=O) groups excluding carboxylic acids is 1. The van der Waals surface area contributed by atoms with E-state index in [-0.39, 0.29) is 12.5 Å². The van der Waals surface area contributed by atoms with Crippen molar-refractivity contribution in [3.63, 3.8) is 0 Å². The Morgan fingerprint density at radius 1 is 1.26 bits per heavy atom. The van der Waals surface area contributed by atoms with Crippen LogP contribution in [-0.4, -0.2) is 46.2 Å². The summed E-state index contributed by atoms with van der Waals surface area (Å²) in [6.07, 6.45) is 6.85. The van der Waals surface area contributed by atoms with Gasteiger partial charge in [-0.05, 0) is 36.8 Å². The van der Waals surface area contributed by atoms with Crippen molar-refractivity contribution >= 4 is 30.0 Å². The molecule has 2 amide bonds. The van der Waals surface area contributed by atoms with Gasteiger partial charge in [-0.15, -0.1) is 0 Å². The minimum atomic E-state index is -0.978. The van der Waals surface area contributed by atoms with Crippen molar-refractivity contribution in [1.82, 2.24) is 19.3 Å². The summed E-state index contributed by atoms with van der Waals surface area (Å²) in [5.74, 6) is -0.480. The maximum atomic E-state index is 12.9. The predicted octanol–water partition coefficient (Wildman–Crippen LogP) is 3.65. The summed E-state index contributed by atoms with van der Waals surface area (Å²) in [5, 5.41) is 12.2. The van der Waals surface area contributed by atoms with Crippen molar-refractivity contribution in [3.8, 4) is 11.3 Å². The molecule has 1 aromatic carbocycles. The molecule has 10 heteroatoms. The molecule has 0 bridgehead atoms. The zero-order valence-electron chi connectivity index (χ0n) is 18.8. The Bertz CT molecular complexity index is 1160. The minimum Gasteiger partial charge on any atom is -0.479 e. The number of amides is 2. The molecule has 0 radical (unpaired) electrons. The highest BCUT2D eigenvalue weighted by molar-refractivity contribution is 7.95. The predicted molar refractivity (Wildman–Crippen MR) is 131 cm³/mol. The Labute approximate surface area is 202 Å². The number of allylic oxidation sites excluding steroid dienone is 2. The van der Waals surface area contributed by atoms with Crippen LogP contribution in [0.4, 0.5) is 10.6 Å². The number of hydrogen-bond acceptors (Lipinski definition) is 7. The molecular weight excluding hydrogens is 454 g/mol. The van der Waals surface area contributed by atoms with Gasteiger partial charge in [-0.2, -0.15) is 0 Å². The van der Waals surface area contributed by atoms with E-state index >= 15 is 0 Å². The summed E-state index contributed by atoms with van der Waals surface area (Å²) in [4.78, 5) is 30.3. The topological polar surface area (TPSA) is 107 Å². The van der Waals surface area contributed by atoms with Gasteiger partial charge in [0.05, 0.1) is 29.2 Å². The number of ether oxygens (including phenoxy) is 1. The van der Waals surface area contributed by atoms with Crippen LogP contribution in [0.25, 0.3) is 11.3 Å². The van der Waals surface area contributed by atoms with Crippen LogP contribution in [0.15, 0.2) is 78.4 Å². The van der Waals surface area contributed by atoms with Gasteiger partial charge in [0, 0.05) is 38.0 Å². The lowest BCUT2D eigenvalue weighted by Gasteiger charge is -2.23. The van der Waals surface area contributed by atoms with E-state index in [4.69, 9.17) is 4.74 Å². The first kappa shape index (κ1) is 23.4. The van der Waals surface area contributed by atoms with Crippen molar-refractivity contribution < 1.29 is 19.4 Å². The van der Waals surface area contributed by atoms with Gasteiger partial charge < -0.3 is 19.9 Å². The number of aromatic nitrogens is 1. The molecule has 3 N–H and O–H groups in total. The lowest BCUT2D eigenvalue weighted by atomic mass is 10.0. The van der Waals surface area contributed by atoms with Crippen LogP contribution in [0.2, 0.25) is 0 Å². The summed E-state index contributed by atoms with van der Waals surface area (Å²) in [6.45, 7) is 2.11. The molecule has 0 fully saturated rings. The van der Waals surface area contributed by atoms with Gasteiger partial charge in [0.25, 0.3) is 0 Å². The lowest BCUT2D eigenvalue weighted by Crippen LogP contribution is -2.38. The van der Waals surface area contributed by atoms with E-state index in [0.29, 0.717) is 23.8 Å². The number of fused-ring (bicyclic) bond motifs is 1. The normalized spacial score (nSPS) is 15.1. The highest BCUT2D eigenvalue weighted by atomic mass is 32.2. The molecule has 2 aliphatic rings. The number of hydrogen-bond donors (Lipinski definition) is 3.